The maximum absolute atomic E-state index is 12.1. The maximum atomic E-state index is 12.1. The number of aromatic nitrogens is 2. The van der Waals surface area contributed by atoms with Crippen LogP contribution in [0.3, 0.4) is 0 Å². The molecule has 1 aromatic heterocycles. The first-order valence-electron chi connectivity index (χ1n) is 8.57. The van der Waals surface area contributed by atoms with E-state index in [-0.39, 0.29) is 5.91 Å². The first-order valence-corrected chi connectivity index (χ1v) is 8.95. The zero-order valence-corrected chi connectivity index (χ0v) is 16.3. The summed E-state index contributed by atoms with van der Waals surface area (Å²) >= 11 is 6.17. The van der Waals surface area contributed by atoms with Crippen LogP contribution in [0.15, 0.2) is 60.9 Å². The van der Waals surface area contributed by atoms with Gasteiger partial charge in [0.2, 0.25) is 5.91 Å². The van der Waals surface area contributed by atoms with Crippen LogP contribution in [-0.2, 0) is 11.3 Å². The Balaban J connectivity index is 1.59. The third kappa shape index (κ3) is 4.72. The lowest BCUT2D eigenvalue weighted by Gasteiger charge is -2.10. The summed E-state index contributed by atoms with van der Waals surface area (Å²) in [6, 6.07) is 13.1. The SMILES string of the molecule is COc1cc(C=CC(=O)NCc2ccc(-n3cccn3)cc2)cc(Cl)c1OC. The summed E-state index contributed by atoms with van der Waals surface area (Å²) in [5, 5.41) is 7.45. The van der Waals surface area contributed by atoms with Crippen molar-refractivity contribution in [3.8, 4) is 17.2 Å². The minimum Gasteiger partial charge on any atom is -0.493 e. The standard InChI is InChI=1S/C21H20ClN3O3/c1-27-19-13-16(12-18(22)21(19)28-2)6-9-20(26)23-14-15-4-7-17(8-5-15)25-11-3-10-24-25/h3-13H,14H2,1-2H3,(H,23,26). The summed E-state index contributed by atoms with van der Waals surface area (Å²) in [6.07, 6.45) is 6.73. The van der Waals surface area contributed by atoms with Gasteiger partial charge in [0.25, 0.3) is 0 Å². The van der Waals surface area contributed by atoms with Crippen molar-refractivity contribution in [1.29, 1.82) is 0 Å². The molecule has 0 aliphatic carbocycles. The summed E-state index contributed by atoms with van der Waals surface area (Å²) in [7, 11) is 3.06. The van der Waals surface area contributed by atoms with Crippen molar-refractivity contribution < 1.29 is 14.3 Å². The molecule has 0 spiro atoms. The Labute approximate surface area is 168 Å². The third-order valence-electron chi connectivity index (χ3n) is 4.06. The van der Waals surface area contributed by atoms with Gasteiger partial charge in [-0.1, -0.05) is 23.7 Å². The lowest BCUT2D eigenvalue weighted by molar-refractivity contribution is -0.116. The molecule has 0 bridgehead atoms. The molecule has 6 nitrogen and oxygen atoms in total. The van der Waals surface area contributed by atoms with Crippen molar-refractivity contribution in [2.24, 2.45) is 0 Å². The second kappa shape index (κ2) is 9.10. The van der Waals surface area contributed by atoms with Gasteiger partial charge < -0.3 is 14.8 Å². The van der Waals surface area contributed by atoms with Crippen LogP contribution >= 0.6 is 11.6 Å². The van der Waals surface area contributed by atoms with Gasteiger partial charge in [-0.15, -0.1) is 0 Å². The van der Waals surface area contributed by atoms with Crippen molar-refractivity contribution >= 4 is 23.6 Å². The number of hydrogen-bond acceptors (Lipinski definition) is 4. The van der Waals surface area contributed by atoms with Crippen molar-refractivity contribution in [3.05, 3.63) is 77.1 Å². The van der Waals surface area contributed by atoms with Crippen molar-refractivity contribution in [2.75, 3.05) is 14.2 Å². The summed E-state index contributed by atoms with van der Waals surface area (Å²) in [6.45, 7) is 0.426. The van der Waals surface area contributed by atoms with Crippen molar-refractivity contribution in [3.63, 3.8) is 0 Å². The maximum Gasteiger partial charge on any atom is 0.244 e. The first kappa shape index (κ1) is 19.5. The molecule has 0 aliphatic rings. The molecule has 2 aromatic carbocycles. The molecule has 1 heterocycles. The Hall–Kier alpha value is -3.25. The largest absolute Gasteiger partial charge is 0.493 e. The molecule has 3 aromatic rings. The predicted molar refractivity (Wildman–Crippen MR) is 109 cm³/mol. The van der Waals surface area contributed by atoms with Gasteiger partial charge in [-0.25, -0.2) is 4.68 Å². The zero-order valence-electron chi connectivity index (χ0n) is 15.6. The molecule has 0 atom stereocenters. The van der Waals surface area contributed by atoms with Crippen LogP contribution in [0.5, 0.6) is 11.5 Å². The van der Waals surface area contributed by atoms with Gasteiger partial charge in [-0.3, -0.25) is 4.79 Å². The number of nitrogens with one attached hydrogen (secondary N) is 1. The number of ether oxygens (including phenoxy) is 2. The summed E-state index contributed by atoms with van der Waals surface area (Å²) < 4.78 is 12.2. The van der Waals surface area contributed by atoms with E-state index in [1.54, 1.807) is 29.1 Å². The topological polar surface area (TPSA) is 65.4 Å². The zero-order chi connectivity index (χ0) is 19.9. The molecule has 144 valence electrons. The van der Waals surface area contributed by atoms with Crippen LogP contribution in [-0.4, -0.2) is 29.9 Å². The molecule has 3 rings (SSSR count). The van der Waals surface area contributed by atoms with E-state index in [1.165, 1.54) is 20.3 Å². The van der Waals surface area contributed by atoms with Crippen molar-refractivity contribution in [1.82, 2.24) is 15.1 Å². The molecule has 0 aliphatic heterocycles. The highest BCUT2D eigenvalue weighted by Gasteiger charge is 2.09. The van der Waals surface area contributed by atoms with E-state index in [0.717, 1.165) is 16.8 Å². The molecule has 7 heteroatoms. The van der Waals surface area contributed by atoms with Gasteiger partial charge in [0.05, 0.1) is 24.9 Å². The quantitative estimate of drug-likeness (QED) is 0.614. The van der Waals surface area contributed by atoms with Crippen LogP contribution in [0.1, 0.15) is 11.1 Å². The molecule has 1 amide bonds. The van der Waals surface area contributed by atoms with Gasteiger partial charge >= 0.3 is 0 Å². The van der Waals surface area contributed by atoms with Gasteiger partial charge in [0.15, 0.2) is 11.5 Å². The minimum atomic E-state index is -0.206. The summed E-state index contributed by atoms with van der Waals surface area (Å²) in [5.74, 6) is 0.763. The van der Waals surface area contributed by atoms with E-state index in [9.17, 15) is 4.79 Å². The number of amides is 1. The highest BCUT2D eigenvalue weighted by Crippen LogP contribution is 2.36. The number of nitrogens with zero attached hydrogens (tertiary/aromatic N) is 2. The fourth-order valence-corrected chi connectivity index (χ4v) is 2.94. The molecular formula is C21H20ClN3O3. The number of rotatable bonds is 7. The second-order valence-corrected chi connectivity index (χ2v) is 6.31. The van der Waals surface area contributed by atoms with Crippen LogP contribution in [0.2, 0.25) is 5.02 Å². The average Bonchev–Trinajstić information content (AvgIpc) is 3.25. The Kier molecular flexibility index (Phi) is 6.34. The van der Waals surface area contributed by atoms with Crippen LogP contribution in [0.25, 0.3) is 11.8 Å². The summed E-state index contributed by atoms with van der Waals surface area (Å²) in [4.78, 5) is 12.1. The van der Waals surface area contributed by atoms with Gasteiger partial charge in [-0.2, -0.15) is 5.10 Å². The molecule has 28 heavy (non-hydrogen) atoms. The number of halogens is 1. The molecule has 1 N–H and O–H groups in total. The average molecular weight is 398 g/mol. The molecule has 0 unspecified atom stereocenters. The molecular weight excluding hydrogens is 378 g/mol. The van der Waals surface area contributed by atoms with Crippen LogP contribution < -0.4 is 14.8 Å². The van der Waals surface area contributed by atoms with E-state index in [4.69, 9.17) is 21.1 Å². The highest BCUT2D eigenvalue weighted by molar-refractivity contribution is 6.32. The first-order chi connectivity index (χ1) is 13.6. The number of hydrogen-bond donors (Lipinski definition) is 1. The van der Waals surface area contributed by atoms with Gasteiger partial charge in [-0.05, 0) is 47.5 Å². The molecule has 0 saturated carbocycles. The predicted octanol–water partition coefficient (Wildman–Crippen LogP) is 3.87. The fourth-order valence-electron chi connectivity index (χ4n) is 2.64. The van der Waals surface area contributed by atoms with E-state index >= 15 is 0 Å². The van der Waals surface area contributed by atoms with Crippen molar-refractivity contribution in [2.45, 2.75) is 6.54 Å². The van der Waals surface area contributed by atoms with Crippen LogP contribution in [0.4, 0.5) is 0 Å². The lowest BCUT2D eigenvalue weighted by Crippen LogP contribution is -2.20. The second-order valence-electron chi connectivity index (χ2n) is 5.91. The number of carbonyl (C=O) groups is 1. The number of benzene rings is 2. The monoisotopic (exact) mass is 397 g/mol. The molecule has 0 radical (unpaired) electrons. The lowest BCUT2D eigenvalue weighted by atomic mass is 10.1. The smallest absolute Gasteiger partial charge is 0.244 e. The molecule has 0 fully saturated rings. The van der Waals surface area contributed by atoms with Gasteiger partial charge in [0.1, 0.15) is 0 Å². The Morgan fingerprint density at radius 3 is 2.64 bits per heavy atom. The minimum absolute atomic E-state index is 0.206. The van der Waals surface area contributed by atoms with E-state index in [1.807, 2.05) is 36.5 Å². The Bertz CT molecular complexity index is 967. The number of carbonyl (C=O) groups excluding carboxylic acids is 1. The fraction of sp³-hybridized carbons (Fsp3) is 0.143. The Morgan fingerprint density at radius 1 is 1.21 bits per heavy atom. The van der Waals surface area contributed by atoms with E-state index < -0.39 is 0 Å². The third-order valence-corrected chi connectivity index (χ3v) is 4.34. The normalized spacial score (nSPS) is 10.8. The molecule has 0 saturated heterocycles. The highest BCUT2D eigenvalue weighted by atomic mass is 35.5. The van der Waals surface area contributed by atoms with E-state index in [0.29, 0.717) is 23.1 Å². The summed E-state index contributed by atoms with van der Waals surface area (Å²) in [5.41, 5.74) is 2.69. The number of methoxy groups -OCH3 is 2. The van der Waals surface area contributed by atoms with E-state index in [2.05, 4.69) is 10.4 Å². The van der Waals surface area contributed by atoms with Crippen LogP contribution in [0, 0.1) is 0 Å². The van der Waals surface area contributed by atoms with Gasteiger partial charge in [0, 0.05) is 25.0 Å². The Morgan fingerprint density at radius 2 is 2.00 bits per heavy atom.